The minimum absolute atomic E-state index is 0. The van der Waals surface area contributed by atoms with Gasteiger partial charge >= 0.3 is 0 Å². The second kappa shape index (κ2) is 10.8. The number of primary sulfonamides is 1. The Bertz CT molecular complexity index is 925. The standard InChI is InChI=1S/C21H27N3O3S.2ClH/c22-28(25,26)20-7-3-6-19(21(20)27-15-16-8-10-23-11-9-16)14-24-12-17-4-1-2-5-18(17)13-24;;/h1-7,16,23H,8-15H2,(H2,22,25,26);2*1H. The summed E-state index contributed by atoms with van der Waals surface area (Å²) in [5.41, 5.74) is 3.51. The molecule has 1 fully saturated rings. The summed E-state index contributed by atoms with van der Waals surface area (Å²) < 4.78 is 30.4. The topological polar surface area (TPSA) is 84.7 Å². The number of halogens is 2. The van der Waals surface area contributed by atoms with Gasteiger partial charge in [0.05, 0.1) is 6.61 Å². The number of ether oxygens (including phenoxy) is 1. The Morgan fingerprint density at radius 2 is 1.63 bits per heavy atom. The molecule has 30 heavy (non-hydrogen) atoms. The lowest BCUT2D eigenvalue weighted by atomic mass is 9.99. The predicted octanol–water partition coefficient (Wildman–Crippen LogP) is 3.07. The third kappa shape index (κ3) is 5.87. The van der Waals surface area contributed by atoms with Gasteiger partial charge in [-0.3, -0.25) is 4.90 Å². The van der Waals surface area contributed by atoms with Gasteiger partial charge in [0, 0.05) is 25.2 Å². The van der Waals surface area contributed by atoms with Gasteiger partial charge in [-0.05, 0) is 49.0 Å². The zero-order valence-electron chi connectivity index (χ0n) is 16.7. The highest BCUT2D eigenvalue weighted by molar-refractivity contribution is 7.89. The van der Waals surface area contributed by atoms with Gasteiger partial charge in [0.2, 0.25) is 10.0 Å². The van der Waals surface area contributed by atoms with Gasteiger partial charge in [0.15, 0.2) is 0 Å². The molecule has 2 aromatic carbocycles. The summed E-state index contributed by atoms with van der Waals surface area (Å²) >= 11 is 0. The molecule has 2 aliphatic heterocycles. The lowest BCUT2D eigenvalue weighted by Gasteiger charge is -2.25. The van der Waals surface area contributed by atoms with Crippen LogP contribution < -0.4 is 15.2 Å². The van der Waals surface area contributed by atoms with Crippen LogP contribution in [-0.4, -0.2) is 33.0 Å². The maximum absolute atomic E-state index is 12.1. The number of hydrogen-bond acceptors (Lipinski definition) is 5. The van der Waals surface area contributed by atoms with E-state index in [1.165, 1.54) is 17.2 Å². The van der Waals surface area contributed by atoms with Crippen LogP contribution in [-0.2, 0) is 29.7 Å². The first kappa shape index (κ1) is 24.9. The van der Waals surface area contributed by atoms with Crippen LogP contribution in [0.4, 0.5) is 0 Å². The average molecular weight is 474 g/mol. The number of hydrogen-bond donors (Lipinski definition) is 2. The third-order valence-corrected chi connectivity index (χ3v) is 6.52. The maximum Gasteiger partial charge on any atom is 0.241 e. The Hall–Kier alpha value is -1.35. The van der Waals surface area contributed by atoms with Gasteiger partial charge in [-0.2, -0.15) is 0 Å². The first-order valence-electron chi connectivity index (χ1n) is 9.78. The van der Waals surface area contributed by atoms with Crippen molar-refractivity contribution < 1.29 is 13.2 Å². The van der Waals surface area contributed by atoms with Crippen molar-refractivity contribution in [3.05, 3.63) is 59.2 Å². The van der Waals surface area contributed by atoms with Crippen LogP contribution in [0.25, 0.3) is 0 Å². The normalized spacial score (nSPS) is 17.0. The molecule has 1 saturated heterocycles. The molecule has 166 valence electrons. The number of fused-ring (bicyclic) bond motifs is 1. The smallest absolute Gasteiger partial charge is 0.241 e. The first-order valence-corrected chi connectivity index (χ1v) is 11.3. The molecule has 2 aliphatic rings. The SMILES string of the molecule is Cl.Cl.NS(=O)(=O)c1cccc(CN2Cc3ccccc3C2)c1OCC1CCNCC1. The van der Waals surface area contributed by atoms with Crippen molar-refractivity contribution in [3.8, 4) is 5.75 Å². The van der Waals surface area contributed by atoms with E-state index in [9.17, 15) is 8.42 Å². The van der Waals surface area contributed by atoms with E-state index < -0.39 is 10.0 Å². The van der Waals surface area contributed by atoms with E-state index in [0.29, 0.717) is 24.8 Å². The number of rotatable bonds is 6. The molecule has 0 atom stereocenters. The van der Waals surface area contributed by atoms with Gasteiger partial charge in [-0.15, -0.1) is 24.8 Å². The Kier molecular flexibility index (Phi) is 8.97. The van der Waals surface area contributed by atoms with Crippen LogP contribution in [0.2, 0.25) is 0 Å². The Morgan fingerprint density at radius 1 is 1.00 bits per heavy atom. The quantitative estimate of drug-likeness (QED) is 0.673. The van der Waals surface area contributed by atoms with Crippen molar-refractivity contribution in [1.29, 1.82) is 0 Å². The molecule has 3 N–H and O–H groups in total. The fraction of sp³-hybridized carbons (Fsp3) is 0.429. The molecular formula is C21H29Cl2N3O3S. The minimum Gasteiger partial charge on any atom is -0.492 e. The zero-order chi connectivity index (χ0) is 19.6. The second-order valence-electron chi connectivity index (χ2n) is 7.71. The Labute approximate surface area is 191 Å². The molecular weight excluding hydrogens is 445 g/mol. The van der Waals surface area contributed by atoms with Crippen LogP contribution in [0.3, 0.4) is 0 Å². The molecule has 6 nitrogen and oxygen atoms in total. The van der Waals surface area contributed by atoms with Crippen LogP contribution in [0.5, 0.6) is 5.75 Å². The highest BCUT2D eigenvalue weighted by Gasteiger charge is 2.24. The minimum atomic E-state index is -3.85. The molecule has 0 amide bonds. The number of nitrogens with zero attached hydrogens (tertiary/aromatic N) is 1. The monoisotopic (exact) mass is 473 g/mol. The van der Waals surface area contributed by atoms with E-state index in [0.717, 1.165) is 44.6 Å². The number of benzene rings is 2. The van der Waals surface area contributed by atoms with Crippen molar-refractivity contribution in [2.75, 3.05) is 19.7 Å². The number of piperidine rings is 1. The second-order valence-corrected chi connectivity index (χ2v) is 9.24. The van der Waals surface area contributed by atoms with E-state index in [1.54, 1.807) is 6.07 Å². The van der Waals surface area contributed by atoms with Crippen LogP contribution in [0, 0.1) is 5.92 Å². The van der Waals surface area contributed by atoms with Crippen molar-refractivity contribution in [2.45, 2.75) is 37.4 Å². The molecule has 2 aromatic rings. The fourth-order valence-electron chi connectivity index (χ4n) is 4.08. The van der Waals surface area contributed by atoms with E-state index in [4.69, 9.17) is 9.88 Å². The van der Waals surface area contributed by atoms with E-state index in [2.05, 4.69) is 34.5 Å². The highest BCUT2D eigenvalue weighted by atomic mass is 35.5. The van der Waals surface area contributed by atoms with E-state index in [-0.39, 0.29) is 29.7 Å². The number of para-hydroxylation sites is 1. The van der Waals surface area contributed by atoms with Gasteiger partial charge in [0.1, 0.15) is 10.6 Å². The van der Waals surface area contributed by atoms with Crippen molar-refractivity contribution >= 4 is 34.8 Å². The number of nitrogens with two attached hydrogens (primary N) is 1. The van der Waals surface area contributed by atoms with Crippen LogP contribution in [0.1, 0.15) is 29.5 Å². The molecule has 4 rings (SSSR count). The highest BCUT2D eigenvalue weighted by Crippen LogP contribution is 2.32. The fourth-order valence-corrected chi connectivity index (χ4v) is 4.80. The zero-order valence-corrected chi connectivity index (χ0v) is 19.2. The van der Waals surface area contributed by atoms with Crippen molar-refractivity contribution in [3.63, 3.8) is 0 Å². The number of nitrogens with one attached hydrogen (secondary N) is 1. The number of sulfonamides is 1. The summed E-state index contributed by atoms with van der Waals surface area (Å²) in [4.78, 5) is 2.38. The van der Waals surface area contributed by atoms with Gasteiger partial charge in [-0.25, -0.2) is 13.6 Å². The van der Waals surface area contributed by atoms with E-state index in [1.807, 2.05) is 6.07 Å². The molecule has 0 unspecified atom stereocenters. The van der Waals surface area contributed by atoms with Gasteiger partial charge in [-0.1, -0.05) is 36.4 Å². The average Bonchev–Trinajstić information content (AvgIpc) is 3.09. The molecule has 0 bridgehead atoms. The molecule has 2 heterocycles. The maximum atomic E-state index is 12.1. The van der Waals surface area contributed by atoms with Gasteiger partial charge in [0.25, 0.3) is 0 Å². The van der Waals surface area contributed by atoms with E-state index >= 15 is 0 Å². The molecule has 9 heteroatoms. The first-order chi connectivity index (χ1) is 13.5. The molecule has 0 aliphatic carbocycles. The Morgan fingerprint density at radius 3 is 2.23 bits per heavy atom. The largest absolute Gasteiger partial charge is 0.492 e. The van der Waals surface area contributed by atoms with Gasteiger partial charge < -0.3 is 10.1 Å². The predicted molar refractivity (Wildman–Crippen MR) is 123 cm³/mol. The summed E-state index contributed by atoms with van der Waals surface area (Å²) in [5, 5.41) is 8.82. The summed E-state index contributed by atoms with van der Waals surface area (Å²) in [5.74, 6) is 0.846. The third-order valence-electron chi connectivity index (χ3n) is 5.59. The van der Waals surface area contributed by atoms with Crippen molar-refractivity contribution in [1.82, 2.24) is 10.2 Å². The lowest BCUT2D eigenvalue weighted by Crippen LogP contribution is -2.31. The molecule has 0 spiro atoms. The summed E-state index contributed by atoms with van der Waals surface area (Å²) in [7, 11) is -3.85. The summed E-state index contributed by atoms with van der Waals surface area (Å²) in [6.45, 7) is 4.79. The Balaban J connectivity index is 0.00000160. The molecule has 0 aromatic heterocycles. The van der Waals surface area contributed by atoms with Crippen molar-refractivity contribution in [2.24, 2.45) is 11.1 Å². The van der Waals surface area contributed by atoms with Crippen LogP contribution in [0.15, 0.2) is 47.4 Å². The summed E-state index contributed by atoms with van der Waals surface area (Å²) in [6.07, 6.45) is 2.07. The summed E-state index contributed by atoms with van der Waals surface area (Å²) in [6, 6.07) is 13.6. The lowest BCUT2D eigenvalue weighted by molar-refractivity contribution is 0.204. The molecule has 0 saturated carbocycles. The molecule has 0 radical (unpaired) electrons. The van der Waals surface area contributed by atoms with Crippen LogP contribution >= 0.6 is 24.8 Å².